The number of sulfonamides is 1. The van der Waals surface area contributed by atoms with E-state index in [0.717, 1.165) is 5.56 Å². The molecule has 0 fully saturated rings. The van der Waals surface area contributed by atoms with Gasteiger partial charge in [0.05, 0.1) is 10.5 Å². The number of aryl methyl sites for hydroxylation is 2. The minimum atomic E-state index is -3.90. The molecule has 0 radical (unpaired) electrons. The fourth-order valence-corrected chi connectivity index (χ4v) is 3.67. The number of rotatable bonds is 7. The molecule has 0 heterocycles. The maximum atomic E-state index is 12.7. The van der Waals surface area contributed by atoms with Crippen LogP contribution in [0, 0.1) is 13.8 Å². The van der Waals surface area contributed by atoms with E-state index in [1.807, 2.05) is 13.0 Å². The van der Waals surface area contributed by atoms with E-state index in [1.54, 1.807) is 39.0 Å². The summed E-state index contributed by atoms with van der Waals surface area (Å²) in [4.78, 5) is 24.4. The highest BCUT2D eigenvalue weighted by Gasteiger charge is 2.23. The summed E-state index contributed by atoms with van der Waals surface area (Å²) in [6.45, 7) is 8.58. The highest BCUT2D eigenvalue weighted by atomic mass is 32.2. The summed E-state index contributed by atoms with van der Waals surface area (Å²) < 4.78 is 33.2. The molecule has 0 saturated carbocycles. The molecule has 0 aromatic heterocycles. The Morgan fingerprint density at radius 3 is 2.31 bits per heavy atom. The van der Waals surface area contributed by atoms with Gasteiger partial charge in [-0.25, -0.2) is 13.2 Å². The first-order chi connectivity index (χ1) is 13.5. The van der Waals surface area contributed by atoms with Crippen LogP contribution >= 0.6 is 0 Å². The summed E-state index contributed by atoms with van der Waals surface area (Å²) in [6, 6.07) is 11.1. The molecule has 2 aromatic carbocycles. The van der Waals surface area contributed by atoms with E-state index in [-0.39, 0.29) is 16.5 Å². The number of nitrogens with one attached hydrogen (secondary N) is 2. The molecule has 2 N–H and O–H groups in total. The van der Waals surface area contributed by atoms with Crippen LogP contribution in [-0.4, -0.2) is 32.4 Å². The molecule has 1 atom stereocenters. The molecule has 0 saturated heterocycles. The number of esters is 1. The number of anilines is 1. The minimum absolute atomic E-state index is 0.0733. The van der Waals surface area contributed by atoms with Crippen molar-refractivity contribution < 1.29 is 22.7 Å². The average molecular weight is 419 g/mol. The lowest BCUT2D eigenvalue weighted by molar-refractivity contribution is -0.129. The first-order valence-electron chi connectivity index (χ1n) is 9.21. The van der Waals surface area contributed by atoms with Gasteiger partial charge < -0.3 is 10.1 Å². The van der Waals surface area contributed by atoms with Gasteiger partial charge in [-0.15, -0.1) is 0 Å². The minimum Gasteiger partial charge on any atom is -0.449 e. The van der Waals surface area contributed by atoms with E-state index < -0.39 is 28.0 Å². The Balaban J connectivity index is 2.24. The third kappa shape index (κ3) is 6.05. The molecule has 8 heteroatoms. The second-order valence-electron chi connectivity index (χ2n) is 7.16. The first kappa shape index (κ1) is 22.4. The lowest BCUT2D eigenvalue weighted by atomic mass is 10.1. The van der Waals surface area contributed by atoms with Gasteiger partial charge in [0.25, 0.3) is 15.9 Å². The van der Waals surface area contributed by atoms with Crippen molar-refractivity contribution >= 4 is 27.6 Å². The molecule has 1 amide bonds. The molecule has 7 nitrogen and oxygen atoms in total. The van der Waals surface area contributed by atoms with Gasteiger partial charge in [-0.3, -0.25) is 9.52 Å². The number of hydrogen-bond donors (Lipinski definition) is 2. The number of benzene rings is 2. The van der Waals surface area contributed by atoms with E-state index in [2.05, 4.69) is 10.0 Å². The molecule has 0 aliphatic heterocycles. The summed E-state index contributed by atoms with van der Waals surface area (Å²) in [6.07, 6.45) is -1.00. The van der Waals surface area contributed by atoms with Crippen molar-refractivity contribution in [2.45, 2.75) is 51.7 Å². The van der Waals surface area contributed by atoms with Crippen LogP contribution in [0.2, 0.25) is 0 Å². The Morgan fingerprint density at radius 2 is 1.69 bits per heavy atom. The van der Waals surface area contributed by atoms with Crippen molar-refractivity contribution in [1.29, 1.82) is 0 Å². The van der Waals surface area contributed by atoms with Gasteiger partial charge >= 0.3 is 5.97 Å². The van der Waals surface area contributed by atoms with Crippen molar-refractivity contribution in [1.82, 2.24) is 5.32 Å². The third-order valence-corrected chi connectivity index (χ3v) is 5.47. The van der Waals surface area contributed by atoms with E-state index in [9.17, 15) is 18.0 Å². The average Bonchev–Trinajstić information content (AvgIpc) is 2.60. The zero-order valence-corrected chi connectivity index (χ0v) is 18.0. The molecule has 29 heavy (non-hydrogen) atoms. The highest BCUT2D eigenvalue weighted by molar-refractivity contribution is 7.92. The first-order valence-corrected chi connectivity index (χ1v) is 10.7. The van der Waals surface area contributed by atoms with E-state index >= 15 is 0 Å². The van der Waals surface area contributed by atoms with Gasteiger partial charge in [0, 0.05) is 11.7 Å². The monoisotopic (exact) mass is 418 g/mol. The molecule has 156 valence electrons. The predicted octanol–water partition coefficient (Wildman–Crippen LogP) is 3.17. The smallest absolute Gasteiger partial charge is 0.339 e. The van der Waals surface area contributed by atoms with Crippen LogP contribution in [0.4, 0.5) is 5.69 Å². The van der Waals surface area contributed by atoms with Gasteiger partial charge in [0.15, 0.2) is 6.10 Å². The summed E-state index contributed by atoms with van der Waals surface area (Å²) in [5.41, 5.74) is 1.96. The Bertz CT molecular complexity index is 1020. The summed E-state index contributed by atoms with van der Waals surface area (Å²) in [7, 11) is -3.90. The van der Waals surface area contributed by atoms with E-state index in [4.69, 9.17) is 4.74 Å². The predicted molar refractivity (Wildman–Crippen MR) is 111 cm³/mol. The van der Waals surface area contributed by atoms with Crippen molar-refractivity contribution in [2.75, 3.05) is 4.72 Å². The van der Waals surface area contributed by atoms with Crippen molar-refractivity contribution in [3.05, 3.63) is 59.2 Å². The Morgan fingerprint density at radius 1 is 1.00 bits per heavy atom. The SMILES string of the molecule is Cc1cccc(NS(=O)(=O)c2ccc(C)c(C(=O)OC(C)C(=O)NC(C)C)c2)c1. The molecule has 1 unspecified atom stereocenters. The maximum absolute atomic E-state index is 12.7. The second-order valence-corrected chi connectivity index (χ2v) is 8.84. The lowest BCUT2D eigenvalue weighted by Crippen LogP contribution is -2.39. The topological polar surface area (TPSA) is 102 Å². The molecule has 0 bridgehead atoms. The quantitative estimate of drug-likeness (QED) is 0.673. The van der Waals surface area contributed by atoms with Crippen molar-refractivity contribution in [3.8, 4) is 0 Å². The third-order valence-electron chi connectivity index (χ3n) is 4.09. The fraction of sp³-hybridized carbons (Fsp3) is 0.333. The zero-order chi connectivity index (χ0) is 21.8. The number of carbonyl (C=O) groups excluding carboxylic acids is 2. The Hall–Kier alpha value is -2.87. The van der Waals surface area contributed by atoms with E-state index in [0.29, 0.717) is 11.3 Å². The lowest BCUT2D eigenvalue weighted by Gasteiger charge is -2.16. The molecule has 2 rings (SSSR count). The standard InChI is InChI=1S/C21H26N2O5S/c1-13(2)22-20(24)16(5)28-21(25)19-12-18(10-9-15(19)4)29(26,27)23-17-8-6-7-14(3)11-17/h6-13,16,23H,1-5H3,(H,22,24). The molecular weight excluding hydrogens is 392 g/mol. The largest absolute Gasteiger partial charge is 0.449 e. The number of amides is 1. The van der Waals surface area contributed by atoms with Gasteiger partial charge in [-0.2, -0.15) is 0 Å². The van der Waals surface area contributed by atoms with Crippen LogP contribution in [-0.2, 0) is 19.6 Å². The number of carbonyl (C=O) groups is 2. The summed E-state index contributed by atoms with van der Waals surface area (Å²) >= 11 is 0. The molecule has 2 aromatic rings. The summed E-state index contributed by atoms with van der Waals surface area (Å²) in [5.74, 6) is -1.18. The Kier molecular flexibility index (Phi) is 7.02. The van der Waals surface area contributed by atoms with Gasteiger partial charge in [0.1, 0.15) is 0 Å². The zero-order valence-electron chi connectivity index (χ0n) is 17.1. The summed E-state index contributed by atoms with van der Waals surface area (Å²) in [5, 5.41) is 2.66. The molecule has 0 aliphatic carbocycles. The van der Waals surface area contributed by atoms with Crippen LogP contribution in [0.3, 0.4) is 0 Å². The molecular formula is C21H26N2O5S. The van der Waals surface area contributed by atoms with Gasteiger partial charge in [0.2, 0.25) is 0 Å². The van der Waals surface area contributed by atoms with Crippen molar-refractivity contribution in [3.63, 3.8) is 0 Å². The van der Waals surface area contributed by atoms with Gasteiger partial charge in [-0.1, -0.05) is 18.2 Å². The Labute approximate surface area is 171 Å². The second kappa shape index (κ2) is 9.09. The van der Waals surface area contributed by atoms with Gasteiger partial charge in [-0.05, 0) is 70.0 Å². The van der Waals surface area contributed by atoms with Crippen LogP contribution in [0.25, 0.3) is 0 Å². The van der Waals surface area contributed by atoms with Crippen LogP contribution < -0.4 is 10.0 Å². The fourth-order valence-electron chi connectivity index (χ4n) is 2.59. The van der Waals surface area contributed by atoms with Crippen LogP contribution in [0.5, 0.6) is 0 Å². The number of ether oxygens (including phenoxy) is 1. The molecule has 0 aliphatic rings. The number of hydrogen-bond acceptors (Lipinski definition) is 5. The normalized spacial score (nSPS) is 12.3. The van der Waals surface area contributed by atoms with Crippen LogP contribution in [0.1, 0.15) is 42.3 Å². The van der Waals surface area contributed by atoms with Crippen LogP contribution in [0.15, 0.2) is 47.4 Å². The van der Waals surface area contributed by atoms with Crippen molar-refractivity contribution in [2.24, 2.45) is 0 Å². The molecule has 0 spiro atoms. The maximum Gasteiger partial charge on any atom is 0.339 e. The van der Waals surface area contributed by atoms with E-state index in [1.165, 1.54) is 25.1 Å². The highest BCUT2D eigenvalue weighted by Crippen LogP contribution is 2.21.